The van der Waals surface area contributed by atoms with E-state index >= 15 is 0 Å². The molecule has 4 heterocycles. The van der Waals surface area contributed by atoms with Gasteiger partial charge in [0.1, 0.15) is 0 Å². The molecule has 122 valence electrons. The van der Waals surface area contributed by atoms with E-state index in [1.807, 2.05) is 0 Å². The van der Waals surface area contributed by atoms with Crippen LogP contribution in [0.3, 0.4) is 0 Å². The number of H-pyrrole nitrogens is 1. The lowest BCUT2D eigenvalue weighted by molar-refractivity contribution is -0.234. The number of para-hydroxylation sites is 1. The Morgan fingerprint density at radius 3 is 2.91 bits per heavy atom. The summed E-state index contributed by atoms with van der Waals surface area (Å²) in [5, 5.41) is 1.39. The lowest BCUT2D eigenvalue weighted by atomic mass is 9.80. The first kappa shape index (κ1) is 14.0. The van der Waals surface area contributed by atoms with Crippen molar-refractivity contribution in [2.24, 2.45) is 5.92 Å². The molecule has 0 saturated carbocycles. The molecule has 2 fully saturated rings. The highest BCUT2D eigenvalue weighted by atomic mass is 16.7. The third kappa shape index (κ3) is 1.95. The molecule has 5 rings (SSSR count). The van der Waals surface area contributed by atoms with E-state index in [9.17, 15) is 0 Å². The number of hydrogen-bond acceptors (Lipinski definition) is 3. The number of fused-ring (bicyclic) bond motifs is 5. The van der Waals surface area contributed by atoms with Gasteiger partial charge >= 0.3 is 0 Å². The van der Waals surface area contributed by atoms with Crippen LogP contribution in [0.5, 0.6) is 0 Å². The summed E-state index contributed by atoms with van der Waals surface area (Å²) in [6, 6.07) is 9.08. The van der Waals surface area contributed by atoms with Crippen LogP contribution in [0.25, 0.3) is 10.9 Å². The standard InChI is InChI=1S/C19H24N2O2/c1-2-13-12-21-8-7-15-14-5-3-4-6-16(14)20-18(15)17(21)11-19(13)22-9-10-23-19/h3-6,13,17,20H,2,7-12H2,1H3/t13-,17-/m0/s1. The predicted molar refractivity (Wildman–Crippen MR) is 89.3 cm³/mol. The molecule has 0 unspecified atom stereocenters. The fourth-order valence-electron chi connectivity index (χ4n) is 4.94. The molecule has 3 aliphatic heterocycles. The zero-order valence-electron chi connectivity index (χ0n) is 13.7. The summed E-state index contributed by atoms with van der Waals surface area (Å²) in [4.78, 5) is 6.34. The number of nitrogens with one attached hydrogen (secondary N) is 1. The van der Waals surface area contributed by atoms with Crippen LogP contribution in [-0.4, -0.2) is 42.0 Å². The van der Waals surface area contributed by atoms with Crippen molar-refractivity contribution in [1.29, 1.82) is 0 Å². The molecule has 3 aliphatic rings. The second-order valence-corrected chi connectivity index (χ2v) is 7.14. The molecule has 1 aromatic heterocycles. The molecule has 2 saturated heterocycles. The van der Waals surface area contributed by atoms with Gasteiger partial charge in [-0.2, -0.15) is 0 Å². The number of rotatable bonds is 1. The number of aromatic nitrogens is 1. The van der Waals surface area contributed by atoms with Gasteiger partial charge in [0.2, 0.25) is 0 Å². The van der Waals surface area contributed by atoms with Gasteiger partial charge in [0.25, 0.3) is 0 Å². The Morgan fingerprint density at radius 1 is 1.26 bits per heavy atom. The van der Waals surface area contributed by atoms with Crippen LogP contribution in [0.1, 0.15) is 37.1 Å². The molecule has 23 heavy (non-hydrogen) atoms. The van der Waals surface area contributed by atoms with Crippen LogP contribution in [-0.2, 0) is 15.9 Å². The van der Waals surface area contributed by atoms with Crippen LogP contribution in [0.15, 0.2) is 24.3 Å². The molecule has 4 heteroatoms. The third-order valence-electron chi connectivity index (χ3n) is 6.09. The number of hydrogen-bond donors (Lipinski definition) is 1. The van der Waals surface area contributed by atoms with Gasteiger partial charge in [-0.15, -0.1) is 0 Å². The second kappa shape index (κ2) is 5.07. The fourth-order valence-corrected chi connectivity index (χ4v) is 4.94. The summed E-state index contributed by atoms with van der Waals surface area (Å²) in [7, 11) is 0. The molecule has 0 amide bonds. The minimum absolute atomic E-state index is 0.359. The first-order valence-electron chi connectivity index (χ1n) is 8.92. The van der Waals surface area contributed by atoms with Crippen LogP contribution in [0.2, 0.25) is 0 Å². The summed E-state index contributed by atoms with van der Waals surface area (Å²) >= 11 is 0. The summed E-state index contributed by atoms with van der Waals surface area (Å²) in [6.07, 6.45) is 3.20. The van der Waals surface area contributed by atoms with Crippen molar-refractivity contribution < 1.29 is 9.47 Å². The quantitative estimate of drug-likeness (QED) is 0.878. The molecule has 1 aromatic carbocycles. The number of benzene rings is 1. The first-order valence-corrected chi connectivity index (χ1v) is 8.92. The van der Waals surface area contributed by atoms with Crippen molar-refractivity contribution in [3.63, 3.8) is 0 Å². The molecule has 4 nitrogen and oxygen atoms in total. The molecule has 1 N–H and O–H groups in total. The van der Waals surface area contributed by atoms with Gasteiger partial charge in [-0.3, -0.25) is 4.90 Å². The molecular formula is C19H24N2O2. The van der Waals surface area contributed by atoms with Crippen molar-refractivity contribution in [3.8, 4) is 0 Å². The van der Waals surface area contributed by atoms with E-state index < -0.39 is 0 Å². The van der Waals surface area contributed by atoms with Crippen molar-refractivity contribution in [1.82, 2.24) is 9.88 Å². The Bertz CT molecular complexity index is 732. The summed E-state index contributed by atoms with van der Waals surface area (Å²) in [6.45, 7) is 5.96. The lowest BCUT2D eigenvalue weighted by Gasteiger charge is -2.50. The van der Waals surface area contributed by atoms with Gasteiger partial charge in [-0.1, -0.05) is 25.1 Å². The molecule has 2 aromatic rings. The Labute approximate surface area is 136 Å². The van der Waals surface area contributed by atoms with Crippen LogP contribution >= 0.6 is 0 Å². The Morgan fingerprint density at radius 2 is 2.09 bits per heavy atom. The molecule has 1 spiro atoms. The molecule has 0 bridgehead atoms. The Hall–Kier alpha value is -1.36. The van der Waals surface area contributed by atoms with Gasteiger partial charge in [0, 0.05) is 42.0 Å². The SMILES string of the molecule is CC[C@H]1CN2CCc3c([nH]c4ccccc34)[C@@H]2CC12OCCO2. The number of nitrogens with zero attached hydrogens (tertiary/aromatic N) is 1. The van der Waals surface area contributed by atoms with Crippen molar-refractivity contribution in [3.05, 3.63) is 35.5 Å². The summed E-state index contributed by atoms with van der Waals surface area (Å²) in [5.41, 5.74) is 4.16. The zero-order chi connectivity index (χ0) is 15.4. The number of piperidine rings is 1. The van der Waals surface area contributed by atoms with Gasteiger partial charge in [-0.25, -0.2) is 0 Å². The average Bonchev–Trinajstić information content (AvgIpc) is 3.19. The molecule has 0 radical (unpaired) electrons. The normalized spacial score (nSPS) is 29.8. The van der Waals surface area contributed by atoms with E-state index in [0.29, 0.717) is 12.0 Å². The van der Waals surface area contributed by atoms with E-state index in [1.54, 1.807) is 0 Å². The highest BCUT2D eigenvalue weighted by molar-refractivity contribution is 5.85. The van der Waals surface area contributed by atoms with Crippen molar-refractivity contribution >= 4 is 10.9 Å². The molecule has 2 atom stereocenters. The van der Waals surface area contributed by atoms with Crippen LogP contribution in [0, 0.1) is 5.92 Å². The smallest absolute Gasteiger partial charge is 0.174 e. The summed E-state index contributed by atoms with van der Waals surface area (Å²) in [5.74, 6) is 0.120. The average molecular weight is 312 g/mol. The maximum atomic E-state index is 6.16. The molecular weight excluding hydrogens is 288 g/mol. The topological polar surface area (TPSA) is 37.5 Å². The van der Waals surface area contributed by atoms with Gasteiger partial charge in [0.15, 0.2) is 5.79 Å². The highest BCUT2D eigenvalue weighted by Crippen LogP contribution is 2.48. The minimum atomic E-state index is -0.359. The van der Waals surface area contributed by atoms with E-state index in [4.69, 9.17) is 9.47 Å². The lowest BCUT2D eigenvalue weighted by Crippen LogP contribution is -2.55. The monoisotopic (exact) mass is 312 g/mol. The maximum Gasteiger partial charge on any atom is 0.174 e. The maximum absolute atomic E-state index is 6.16. The predicted octanol–water partition coefficient (Wildman–Crippen LogP) is 3.24. The van der Waals surface area contributed by atoms with Gasteiger partial charge < -0.3 is 14.5 Å². The van der Waals surface area contributed by atoms with E-state index in [-0.39, 0.29) is 5.79 Å². The fraction of sp³-hybridized carbons (Fsp3) is 0.579. The molecule has 0 aliphatic carbocycles. The Balaban J connectivity index is 1.58. The summed E-state index contributed by atoms with van der Waals surface area (Å²) < 4.78 is 12.3. The van der Waals surface area contributed by atoms with Crippen LogP contribution in [0.4, 0.5) is 0 Å². The van der Waals surface area contributed by atoms with Crippen molar-refractivity contribution in [2.75, 3.05) is 26.3 Å². The third-order valence-corrected chi connectivity index (χ3v) is 6.09. The van der Waals surface area contributed by atoms with Crippen molar-refractivity contribution in [2.45, 2.75) is 38.0 Å². The largest absolute Gasteiger partial charge is 0.357 e. The zero-order valence-corrected chi connectivity index (χ0v) is 13.7. The highest BCUT2D eigenvalue weighted by Gasteiger charge is 2.52. The van der Waals surface area contributed by atoms with Gasteiger partial charge in [0.05, 0.1) is 19.3 Å². The van der Waals surface area contributed by atoms with Gasteiger partial charge in [-0.05, 0) is 24.5 Å². The number of aromatic amines is 1. The van der Waals surface area contributed by atoms with E-state index in [0.717, 1.165) is 45.6 Å². The Kier molecular flexibility index (Phi) is 3.09. The number of ether oxygens (including phenoxy) is 2. The van der Waals surface area contributed by atoms with Crippen LogP contribution < -0.4 is 0 Å². The van der Waals surface area contributed by atoms with E-state index in [1.165, 1.54) is 22.2 Å². The second-order valence-electron chi connectivity index (χ2n) is 7.14. The first-order chi connectivity index (χ1) is 11.3. The minimum Gasteiger partial charge on any atom is -0.357 e. The van der Waals surface area contributed by atoms with E-state index in [2.05, 4.69) is 41.1 Å².